The van der Waals surface area contributed by atoms with Gasteiger partial charge in [0, 0.05) is 5.54 Å². The maximum Gasteiger partial charge on any atom is 0.0128 e. The highest BCUT2D eigenvalue weighted by Gasteiger charge is 2.32. The Labute approximate surface area is 94.4 Å². The van der Waals surface area contributed by atoms with Crippen LogP contribution < -0.4 is 5.32 Å². The largest absolute Gasteiger partial charge is 0.312 e. The number of hydrogen-bond donors (Lipinski definition) is 1. The molecular formula is C13H26N2. The van der Waals surface area contributed by atoms with Crippen molar-refractivity contribution in [3.8, 4) is 0 Å². The SMILES string of the molecule is CN1CCC(CC2CNC(C)(C)C2)CC1. The molecule has 2 rings (SSSR count). The van der Waals surface area contributed by atoms with E-state index < -0.39 is 0 Å². The first kappa shape index (κ1) is 11.4. The molecule has 0 aliphatic carbocycles. The molecule has 0 radical (unpaired) electrons. The predicted octanol–water partition coefficient (Wildman–Crippen LogP) is 2.11. The molecule has 0 saturated carbocycles. The van der Waals surface area contributed by atoms with Gasteiger partial charge >= 0.3 is 0 Å². The van der Waals surface area contributed by atoms with Crippen LogP contribution in [0.25, 0.3) is 0 Å². The summed E-state index contributed by atoms with van der Waals surface area (Å²) in [6.45, 7) is 8.55. The topological polar surface area (TPSA) is 15.3 Å². The van der Waals surface area contributed by atoms with Crippen LogP contribution in [-0.4, -0.2) is 37.1 Å². The normalized spacial score (nSPS) is 33.4. The van der Waals surface area contributed by atoms with Gasteiger partial charge in [-0.05, 0) is 78.0 Å². The minimum Gasteiger partial charge on any atom is -0.312 e. The Morgan fingerprint density at radius 3 is 2.40 bits per heavy atom. The van der Waals surface area contributed by atoms with E-state index in [4.69, 9.17) is 0 Å². The summed E-state index contributed by atoms with van der Waals surface area (Å²) in [6.07, 6.45) is 5.68. The van der Waals surface area contributed by atoms with Gasteiger partial charge in [-0.25, -0.2) is 0 Å². The quantitative estimate of drug-likeness (QED) is 0.751. The van der Waals surface area contributed by atoms with Gasteiger partial charge in [0.1, 0.15) is 0 Å². The number of piperidine rings is 1. The number of rotatable bonds is 2. The molecule has 15 heavy (non-hydrogen) atoms. The molecule has 2 heterocycles. The second-order valence-electron chi connectivity index (χ2n) is 6.32. The van der Waals surface area contributed by atoms with Crippen molar-refractivity contribution >= 4 is 0 Å². The van der Waals surface area contributed by atoms with Crippen LogP contribution in [0.15, 0.2) is 0 Å². The van der Waals surface area contributed by atoms with Gasteiger partial charge in [-0.3, -0.25) is 0 Å². The third-order valence-corrected chi connectivity index (χ3v) is 4.17. The molecule has 0 spiro atoms. The average Bonchev–Trinajstić information content (AvgIpc) is 2.50. The van der Waals surface area contributed by atoms with E-state index in [0.717, 1.165) is 11.8 Å². The first-order chi connectivity index (χ1) is 7.05. The summed E-state index contributed by atoms with van der Waals surface area (Å²) < 4.78 is 0. The summed E-state index contributed by atoms with van der Waals surface area (Å²) in [5, 5.41) is 3.63. The highest BCUT2D eigenvalue weighted by Crippen LogP contribution is 2.31. The molecule has 1 atom stereocenters. The fourth-order valence-corrected chi connectivity index (χ4v) is 3.22. The first-order valence-electron chi connectivity index (χ1n) is 6.49. The van der Waals surface area contributed by atoms with Gasteiger partial charge in [0.05, 0.1) is 0 Å². The Kier molecular flexibility index (Phi) is 3.36. The lowest BCUT2D eigenvalue weighted by Gasteiger charge is -2.30. The Balaban J connectivity index is 1.74. The van der Waals surface area contributed by atoms with E-state index in [-0.39, 0.29) is 0 Å². The molecule has 2 nitrogen and oxygen atoms in total. The standard InChI is InChI=1S/C13H26N2/c1-13(2)9-12(10-14-13)8-11-4-6-15(3)7-5-11/h11-12,14H,4-10H2,1-3H3. The molecule has 2 aliphatic rings. The van der Waals surface area contributed by atoms with E-state index >= 15 is 0 Å². The van der Waals surface area contributed by atoms with Gasteiger partial charge in [-0.2, -0.15) is 0 Å². The minimum atomic E-state index is 0.399. The zero-order valence-corrected chi connectivity index (χ0v) is 10.6. The smallest absolute Gasteiger partial charge is 0.0128 e. The van der Waals surface area contributed by atoms with Gasteiger partial charge in [0.25, 0.3) is 0 Å². The molecule has 0 aromatic heterocycles. The maximum atomic E-state index is 3.63. The average molecular weight is 210 g/mol. The van der Waals surface area contributed by atoms with Crippen molar-refractivity contribution < 1.29 is 0 Å². The van der Waals surface area contributed by atoms with Crippen molar-refractivity contribution in [3.63, 3.8) is 0 Å². The number of hydrogen-bond acceptors (Lipinski definition) is 2. The van der Waals surface area contributed by atoms with Gasteiger partial charge < -0.3 is 10.2 Å². The Morgan fingerprint density at radius 1 is 1.20 bits per heavy atom. The summed E-state index contributed by atoms with van der Waals surface area (Å²) in [5.41, 5.74) is 0.399. The molecule has 0 aromatic carbocycles. The van der Waals surface area contributed by atoms with Crippen LogP contribution in [0.5, 0.6) is 0 Å². The first-order valence-corrected chi connectivity index (χ1v) is 6.49. The van der Waals surface area contributed by atoms with E-state index in [2.05, 4.69) is 31.1 Å². The monoisotopic (exact) mass is 210 g/mol. The van der Waals surface area contributed by atoms with Crippen molar-refractivity contribution in [2.45, 2.75) is 45.1 Å². The van der Waals surface area contributed by atoms with Gasteiger partial charge in [-0.15, -0.1) is 0 Å². The van der Waals surface area contributed by atoms with Crippen LogP contribution in [0.3, 0.4) is 0 Å². The Bertz CT molecular complexity index is 205. The van der Waals surface area contributed by atoms with E-state index in [9.17, 15) is 0 Å². The molecule has 0 amide bonds. The van der Waals surface area contributed by atoms with Crippen LogP contribution in [0.1, 0.15) is 39.5 Å². The third-order valence-electron chi connectivity index (χ3n) is 4.17. The van der Waals surface area contributed by atoms with Crippen LogP contribution in [-0.2, 0) is 0 Å². The molecule has 2 saturated heterocycles. The van der Waals surface area contributed by atoms with Gasteiger partial charge in [-0.1, -0.05) is 0 Å². The zero-order valence-electron chi connectivity index (χ0n) is 10.6. The van der Waals surface area contributed by atoms with Crippen molar-refractivity contribution in [3.05, 3.63) is 0 Å². The van der Waals surface area contributed by atoms with E-state index in [1.54, 1.807) is 0 Å². The molecule has 1 unspecified atom stereocenters. The number of nitrogens with one attached hydrogen (secondary N) is 1. The van der Waals surface area contributed by atoms with E-state index in [1.165, 1.54) is 45.3 Å². The van der Waals surface area contributed by atoms with Crippen molar-refractivity contribution in [1.29, 1.82) is 0 Å². The number of likely N-dealkylation sites (tertiary alicyclic amines) is 1. The van der Waals surface area contributed by atoms with E-state index in [1.807, 2.05) is 0 Å². The van der Waals surface area contributed by atoms with Crippen molar-refractivity contribution in [2.24, 2.45) is 11.8 Å². The maximum absolute atomic E-state index is 3.63. The minimum absolute atomic E-state index is 0.399. The summed E-state index contributed by atoms with van der Waals surface area (Å²) in [7, 11) is 2.25. The molecule has 2 aliphatic heterocycles. The lowest BCUT2D eigenvalue weighted by molar-refractivity contribution is 0.196. The van der Waals surface area contributed by atoms with Crippen LogP contribution >= 0.6 is 0 Å². The molecule has 0 bridgehead atoms. The molecular weight excluding hydrogens is 184 g/mol. The summed E-state index contributed by atoms with van der Waals surface area (Å²) in [4.78, 5) is 2.47. The third kappa shape index (κ3) is 3.18. The van der Waals surface area contributed by atoms with Gasteiger partial charge in [0.15, 0.2) is 0 Å². The lowest BCUT2D eigenvalue weighted by atomic mass is 9.84. The summed E-state index contributed by atoms with van der Waals surface area (Å²) in [5.74, 6) is 1.94. The highest BCUT2D eigenvalue weighted by molar-refractivity contribution is 4.90. The fourth-order valence-electron chi connectivity index (χ4n) is 3.22. The molecule has 2 fully saturated rings. The zero-order chi connectivity index (χ0) is 10.9. The summed E-state index contributed by atoms with van der Waals surface area (Å²) in [6, 6.07) is 0. The van der Waals surface area contributed by atoms with Gasteiger partial charge in [0.2, 0.25) is 0 Å². The molecule has 0 aromatic rings. The van der Waals surface area contributed by atoms with E-state index in [0.29, 0.717) is 5.54 Å². The lowest BCUT2D eigenvalue weighted by Crippen LogP contribution is -2.31. The van der Waals surface area contributed by atoms with Crippen LogP contribution in [0.2, 0.25) is 0 Å². The molecule has 88 valence electrons. The fraction of sp³-hybridized carbons (Fsp3) is 1.00. The second-order valence-corrected chi connectivity index (χ2v) is 6.32. The number of nitrogens with zero attached hydrogens (tertiary/aromatic N) is 1. The molecule has 2 heteroatoms. The predicted molar refractivity (Wildman–Crippen MR) is 65.0 cm³/mol. The Morgan fingerprint density at radius 2 is 1.87 bits per heavy atom. The van der Waals surface area contributed by atoms with Crippen molar-refractivity contribution in [1.82, 2.24) is 10.2 Å². The Hall–Kier alpha value is -0.0800. The van der Waals surface area contributed by atoms with Crippen molar-refractivity contribution in [2.75, 3.05) is 26.7 Å². The van der Waals surface area contributed by atoms with Crippen LogP contribution in [0, 0.1) is 11.8 Å². The van der Waals surface area contributed by atoms with Crippen LogP contribution in [0.4, 0.5) is 0 Å². The summed E-state index contributed by atoms with van der Waals surface area (Å²) >= 11 is 0. The highest BCUT2D eigenvalue weighted by atomic mass is 15.1. The molecule has 1 N–H and O–H groups in total. The second kappa shape index (κ2) is 4.42.